The second-order valence-corrected chi connectivity index (χ2v) is 5.88. The number of carbonyl (C=O) groups is 2. The molecule has 0 aromatic heterocycles. The molecule has 130 valence electrons. The van der Waals surface area contributed by atoms with Crippen molar-refractivity contribution in [2.45, 2.75) is 12.3 Å². The van der Waals surface area contributed by atoms with Crippen molar-refractivity contribution in [1.82, 2.24) is 0 Å². The highest BCUT2D eigenvalue weighted by Gasteiger charge is 2.45. The molecule has 2 amide bonds. The van der Waals surface area contributed by atoms with E-state index in [1.807, 2.05) is 0 Å². The molecule has 0 heterocycles. The fourth-order valence-electron chi connectivity index (χ4n) is 2.81. The van der Waals surface area contributed by atoms with Crippen LogP contribution in [-0.2, 0) is 4.79 Å². The van der Waals surface area contributed by atoms with Gasteiger partial charge >= 0.3 is 0 Å². The summed E-state index contributed by atoms with van der Waals surface area (Å²) in [6.45, 7) is 0. The molecule has 0 radical (unpaired) electrons. The largest absolute Gasteiger partial charge is 0.495 e. The van der Waals surface area contributed by atoms with Crippen LogP contribution in [-0.4, -0.2) is 18.9 Å². The van der Waals surface area contributed by atoms with Crippen LogP contribution in [0.15, 0.2) is 36.4 Å². The molecule has 2 aromatic carbocycles. The zero-order chi connectivity index (χ0) is 18.1. The van der Waals surface area contributed by atoms with Crippen LogP contribution in [0.5, 0.6) is 5.75 Å². The van der Waals surface area contributed by atoms with Crippen molar-refractivity contribution in [2.75, 3.05) is 12.4 Å². The van der Waals surface area contributed by atoms with E-state index in [1.54, 1.807) is 0 Å². The second kappa shape index (κ2) is 6.51. The third-order valence-corrected chi connectivity index (χ3v) is 4.23. The topological polar surface area (TPSA) is 81.4 Å². The Bertz CT molecular complexity index is 854. The number of hydrogen-bond donors (Lipinski definition) is 2. The molecule has 0 aliphatic heterocycles. The third kappa shape index (κ3) is 3.45. The van der Waals surface area contributed by atoms with Gasteiger partial charge in [-0.15, -0.1) is 0 Å². The summed E-state index contributed by atoms with van der Waals surface area (Å²) in [4.78, 5) is 23.7. The van der Waals surface area contributed by atoms with Gasteiger partial charge in [-0.3, -0.25) is 9.59 Å². The summed E-state index contributed by atoms with van der Waals surface area (Å²) in [5.74, 6) is -2.54. The number of hydrogen-bond acceptors (Lipinski definition) is 3. The van der Waals surface area contributed by atoms with Crippen molar-refractivity contribution in [2.24, 2.45) is 11.7 Å². The predicted octanol–water partition coefficient (Wildman–Crippen LogP) is 2.81. The highest BCUT2D eigenvalue weighted by Crippen LogP contribution is 2.49. The summed E-state index contributed by atoms with van der Waals surface area (Å²) >= 11 is 0. The van der Waals surface area contributed by atoms with Gasteiger partial charge in [0.2, 0.25) is 11.8 Å². The summed E-state index contributed by atoms with van der Waals surface area (Å²) < 4.78 is 32.3. The van der Waals surface area contributed by atoms with E-state index in [1.165, 1.54) is 25.3 Å². The Balaban J connectivity index is 1.77. The summed E-state index contributed by atoms with van der Waals surface area (Å²) in [6.07, 6.45) is 0.421. The molecule has 1 fully saturated rings. The Kier molecular flexibility index (Phi) is 4.39. The molecule has 0 bridgehead atoms. The zero-order valence-electron chi connectivity index (χ0n) is 13.4. The van der Waals surface area contributed by atoms with E-state index in [2.05, 4.69) is 5.32 Å². The van der Waals surface area contributed by atoms with E-state index in [0.717, 1.165) is 18.2 Å². The Morgan fingerprint density at radius 2 is 1.96 bits per heavy atom. The molecule has 0 spiro atoms. The number of rotatable bonds is 5. The number of ether oxygens (including phenoxy) is 1. The highest BCUT2D eigenvalue weighted by atomic mass is 19.1. The van der Waals surface area contributed by atoms with Gasteiger partial charge in [0.1, 0.15) is 17.4 Å². The lowest BCUT2D eigenvalue weighted by molar-refractivity contribution is -0.117. The fourth-order valence-corrected chi connectivity index (χ4v) is 2.81. The number of benzene rings is 2. The summed E-state index contributed by atoms with van der Waals surface area (Å²) in [6, 6.07) is 7.62. The van der Waals surface area contributed by atoms with Crippen molar-refractivity contribution in [1.29, 1.82) is 0 Å². The summed E-state index contributed by atoms with van der Waals surface area (Å²) in [5.41, 5.74) is 5.95. The van der Waals surface area contributed by atoms with Gasteiger partial charge in [0.15, 0.2) is 0 Å². The lowest BCUT2D eigenvalue weighted by atomic mass is 10.1. The minimum atomic E-state index is -0.635. The van der Waals surface area contributed by atoms with Crippen molar-refractivity contribution >= 4 is 17.5 Å². The van der Waals surface area contributed by atoms with Crippen LogP contribution in [0.3, 0.4) is 0 Å². The summed E-state index contributed by atoms with van der Waals surface area (Å²) in [7, 11) is 1.43. The Morgan fingerprint density at radius 1 is 1.20 bits per heavy atom. The van der Waals surface area contributed by atoms with Crippen LogP contribution < -0.4 is 15.8 Å². The number of primary amides is 1. The van der Waals surface area contributed by atoms with Crippen LogP contribution in [0.1, 0.15) is 28.3 Å². The van der Waals surface area contributed by atoms with Gasteiger partial charge < -0.3 is 15.8 Å². The SMILES string of the molecule is COc1ccc(C(N)=O)cc1NC(=O)[C@@H]1C[C@H]1c1cc(F)ccc1F. The smallest absolute Gasteiger partial charge is 0.248 e. The molecule has 1 aliphatic carbocycles. The Morgan fingerprint density at radius 3 is 2.64 bits per heavy atom. The molecular formula is C18H16F2N2O3. The standard InChI is InChI=1S/C18H16F2N2O3/c1-25-16-5-2-9(17(21)23)6-15(16)22-18(24)13-8-11(13)12-7-10(19)3-4-14(12)20/h2-7,11,13H,8H2,1H3,(H2,21,23)(H,22,24)/t11-,13+/m0/s1. The number of nitrogens with two attached hydrogens (primary N) is 1. The fraction of sp³-hybridized carbons (Fsp3) is 0.222. The first kappa shape index (κ1) is 16.9. The quantitative estimate of drug-likeness (QED) is 0.873. The molecule has 3 rings (SSSR count). The lowest BCUT2D eigenvalue weighted by Gasteiger charge is -2.11. The first-order valence-corrected chi connectivity index (χ1v) is 7.64. The van der Waals surface area contributed by atoms with Crippen LogP contribution in [0, 0.1) is 17.6 Å². The van der Waals surface area contributed by atoms with E-state index in [-0.39, 0.29) is 23.0 Å². The van der Waals surface area contributed by atoms with Crippen LogP contribution in [0.2, 0.25) is 0 Å². The maximum Gasteiger partial charge on any atom is 0.248 e. The molecule has 1 saturated carbocycles. The molecule has 1 aliphatic rings. The number of nitrogens with one attached hydrogen (secondary N) is 1. The van der Waals surface area contributed by atoms with Crippen molar-refractivity contribution in [3.8, 4) is 5.75 Å². The van der Waals surface area contributed by atoms with E-state index in [4.69, 9.17) is 10.5 Å². The lowest BCUT2D eigenvalue weighted by Crippen LogP contribution is -2.17. The van der Waals surface area contributed by atoms with Crippen molar-refractivity contribution in [3.63, 3.8) is 0 Å². The maximum atomic E-state index is 13.8. The third-order valence-electron chi connectivity index (χ3n) is 4.23. The minimum Gasteiger partial charge on any atom is -0.495 e. The van der Waals surface area contributed by atoms with Crippen LogP contribution in [0.4, 0.5) is 14.5 Å². The van der Waals surface area contributed by atoms with E-state index in [0.29, 0.717) is 17.9 Å². The second-order valence-electron chi connectivity index (χ2n) is 5.88. The van der Waals surface area contributed by atoms with Gasteiger partial charge in [-0.25, -0.2) is 8.78 Å². The number of amides is 2. The average molecular weight is 346 g/mol. The van der Waals surface area contributed by atoms with Crippen molar-refractivity contribution < 1.29 is 23.1 Å². The van der Waals surface area contributed by atoms with Gasteiger partial charge in [-0.1, -0.05) is 0 Å². The van der Waals surface area contributed by atoms with E-state index in [9.17, 15) is 18.4 Å². The first-order chi connectivity index (χ1) is 11.9. The van der Waals surface area contributed by atoms with Gasteiger partial charge in [0.25, 0.3) is 0 Å². The normalized spacial score (nSPS) is 18.5. The highest BCUT2D eigenvalue weighted by molar-refractivity contribution is 5.99. The van der Waals surface area contributed by atoms with Gasteiger partial charge in [0, 0.05) is 11.5 Å². The Labute approximate surface area is 142 Å². The first-order valence-electron chi connectivity index (χ1n) is 7.64. The van der Waals surface area contributed by atoms with Crippen LogP contribution in [0.25, 0.3) is 0 Å². The molecule has 0 unspecified atom stereocenters. The average Bonchev–Trinajstić information content (AvgIpc) is 3.37. The van der Waals surface area contributed by atoms with Gasteiger partial charge in [-0.2, -0.15) is 0 Å². The maximum absolute atomic E-state index is 13.8. The van der Waals surface area contributed by atoms with Gasteiger partial charge in [-0.05, 0) is 54.3 Å². The number of halogens is 2. The van der Waals surface area contributed by atoms with Gasteiger partial charge in [0.05, 0.1) is 12.8 Å². The molecule has 2 aromatic rings. The van der Waals surface area contributed by atoms with Crippen LogP contribution >= 0.6 is 0 Å². The number of methoxy groups -OCH3 is 1. The Hall–Kier alpha value is -2.96. The van der Waals surface area contributed by atoms with Crippen molar-refractivity contribution in [3.05, 3.63) is 59.2 Å². The number of anilines is 1. The van der Waals surface area contributed by atoms with E-state index >= 15 is 0 Å². The minimum absolute atomic E-state index is 0.193. The monoisotopic (exact) mass is 346 g/mol. The molecule has 25 heavy (non-hydrogen) atoms. The number of carbonyl (C=O) groups excluding carboxylic acids is 2. The predicted molar refractivity (Wildman–Crippen MR) is 87.3 cm³/mol. The molecule has 2 atom stereocenters. The molecule has 0 saturated heterocycles. The zero-order valence-corrected chi connectivity index (χ0v) is 13.4. The van der Waals surface area contributed by atoms with E-state index < -0.39 is 23.5 Å². The molecule has 7 heteroatoms. The summed E-state index contributed by atoms with van der Waals surface area (Å²) in [5, 5.41) is 2.66. The molecular weight excluding hydrogens is 330 g/mol. The molecule has 3 N–H and O–H groups in total. The molecule has 5 nitrogen and oxygen atoms in total.